The Bertz CT molecular complexity index is 768. The quantitative estimate of drug-likeness (QED) is 0.473. The van der Waals surface area contributed by atoms with Crippen LogP contribution in [0.2, 0.25) is 0 Å². The van der Waals surface area contributed by atoms with E-state index >= 15 is 0 Å². The van der Waals surface area contributed by atoms with Crippen LogP contribution in [-0.4, -0.2) is 53.7 Å². The van der Waals surface area contributed by atoms with E-state index in [0.717, 1.165) is 6.07 Å². The molecule has 1 aliphatic rings. The molecular weight excluding hydrogens is 383 g/mol. The van der Waals surface area contributed by atoms with Crippen LogP contribution in [0.25, 0.3) is 0 Å². The van der Waals surface area contributed by atoms with Gasteiger partial charge in [0.2, 0.25) is 0 Å². The minimum Gasteiger partial charge on any atom is -0.372 e. The highest BCUT2D eigenvalue weighted by Crippen LogP contribution is 2.33. The fourth-order valence-electron chi connectivity index (χ4n) is 2.35. The van der Waals surface area contributed by atoms with Gasteiger partial charge in [0.25, 0.3) is 4.92 Å². The average molecular weight is 404 g/mol. The summed E-state index contributed by atoms with van der Waals surface area (Å²) in [5, 5.41) is 3.00. The normalized spacial score (nSPS) is 15.1. The van der Waals surface area contributed by atoms with Gasteiger partial charge < -0.3 is 15.0 Å². The molecule has 0 saturated carbocycles. The first kappa shape index (κ1) is 21.6. The first-order valence-electron chi connectivity index (χ1n) is 8.47. The lowest BCUT2D eigenvalue weighted by Crippen LogP contribution is -2.47. The SMILES string of the molecule is CC(C)(C)O[N+](=O)c1cc(C(=O)OC(=O)N2CCNCC2)cc(C(F)(F)F)c1. The van der Waals surface area contributed by atoms with Gasteiger partial charge in [-0.15, -0.1) is 0 Å². The van der Waals surface area contributed by atoms with E-state index in [1.54, 1.807) is 0 Å². The summed E-state index contributed by atoms with van der Waals surface area (Å²) in [6.07, 6.45) is -5.79. The number of alkyl halides is 3. The number of carbonyl (C=O) groups is 2. The van der Waals surface area contributed by atoms with E-state index in [1.807, 2.05) is 0 Å². The highest BCUT2D eigenvalue weighted by atomic mass is 19.4. The second-order valence-corrected chi connectivity index (χ2v) is 7.12. The van der Waals surface area contributed by atoms with Crippen molar-refractivity contribution in [2.75, 3.05) is 26.2 Å². The maximum absolute atomic E-state index is 13.2. The van der Waals surface area contributed by atoms with Crippen molar-refractivity contribution in [2.24, 2.45) is 0 Å². The van der Waals surface area contributed by atoms with Crippen LogP contribution in [0.4, 0.5) is 23.7 Å². The molecule has 154 valence electrons. The first-order chi connectivity index (χ1) is 12.9. The van der Waals surface area contributed by atoms with Crippen molar-refractivity contribution in [1.82, 2.24) is 10.2 Å². The molecule has 1 amide bonds. The second-order valence-electron chi connectivity index (χ2n) is 7.12. The third-order valence-corrected chi connectivity index (χ3v) is 3.60. The monoisotopic (exact) mass is 404 g/mol. The number of esters is 1. The largest absolute Gasteiger partial charge is 0.417 e. The van der Waals surface area contributed by atoms with E-state index in [-0.39, 0.29) is 4.92 Å². The summed E-state index contributed by atoms with van der Waals surface area (Å²) in [6.45, 7) is 6.21. The summed E-state index contributed by atoms with van der Waals surface area (Å²) >= 11 is 0. The van der Waals surface area contributed by atoms with Crippen LogP contribution in [0.3, 0.4) is 0 Å². The molecule has 0 bridgehead atoms. The predicted molar refractivity (Wildman–Crippen MR) is 90.8 cm³/mol. The molecule has 1 aromatic rings. The number of halogens is 3. The number of hydrogen-bond donors (Lipinski definition) is 1. The van der Waals surface area contributed by atoms with Crippen LogP contribution in [0.15, 0.2) is 18.2 Å². The number of nitrogens with zero attached hydrogens (tertiary/aromatic N) is 2. The molecule has 28 heavy (non-hydrogen) atoms. The Labute approximate surface area is 159 Å². The molecule has 1 fully saturated rings. The molecule has 0 aliphatic carbocycles. The number of piperazine rings is 1. The van der Waals surface area contributed by atoms with Crippen molar-refractivity contribution < 1.29 is 37.3 Å². The van der Waals surface area contributed by atoms with Crippen molar-refractivity contribution in [3.63, 3.8) is 0 Å². The van der Waals surface area contributed by atoms with Gasteiger partial charge in [-0.1, -0.05) is 0 Å². The summed E-state index contributed by atoms with van der Waals surface area (Å²) in [5.41, 5.74) is -3.36. The van der Waals surface area contributed by atoms with Crippen LogP contribution < -0.4 is 5.32 Å². The van der Waals surface area contributed by atoms with E-state index in [0.29, 0.717) is 38.3 Å². The van der Waals surface area contributed by atoms with E-state index in [9.17, 15) is 27.7 Å². The molecule has 11 heteroatoms. The molecule has 1 N–H and O–H groups in total. The lowest BCUT2D eigenvalue weighted by molar-refractivity contribution is -0.766. The van der Waals surface area contributed by atoms with Crippen LogP contribution in [0, 0.1) is 4.91 Å². The minimum absolute atomic E-state index is 0.107. The zero-order valence-electron chi connectivity index (χ0n) is 15.6. The molecule has 1 saturated heterocycles. The van der Waals surface area contributed by atoms with Gasteiger partial charge in [0.05, 0.1) is 16.0 Å². The lowest BCUT2D eigenvalue weighted by atomic mass is 10.1. The number of ether oxygens (including phenoxy) is 1. The van der Waals surface area contributed by atoms with Crippen molar-refractivity contribution in [3.8, 4) is 0 Å². The zero-order chi connectivity index (χ0) is 21.1. The number of benzene rings is 1. The summed E-state index contributed by atoms with van der Waals surface area (Å²) in [5.74, 6) is -1.29. The Kier molecular flexibility index (Phi) is 6.27. The van der Waals surface area contributed by atoms with Gasteiger partial charge >= 0.3 is 23.9 Å². The zero-order valence-corrected chi connectivity index (χ0v) is 15.6. The molecule has 2 rings (SSSR count). The molecule has 0 aromatic heterocycles. The first-order valence-corrected chi connectivity index (χ1v) is 8.47. The Hall–Kier alpha value is -2.69. The third kappa shape index (κ3) is 5.91. The summed E-state index contributed by atoms with van der Waals surface area (Å²) in [6, 6.07) is 1.94. The van der Waals surface area contributed by atoms with E-state index < -0.39 is 40.7 Å². The molecule has 0 spiro atoms. The van der Waals surface area contributed by atoms with Crippen LogP contribution in [-0.2, 0) is 15.8 Å². The molecular formula is C17H21F3N3O5+. The number of hydrogen-bond acceptors (Lipinski definition) is 6. The van der Waals surface area contributed by atoms with Crippen LogP contribution >= 0.6 is 0 Å². The maximum atomic E-state index is 13.2. The Balaban J connectivity index is 2.28. The van der Waals surface area contributed by atoms with Crippen molar-refractivity contribution in [3.05, 3.63) is 34.2 Å². The summed E-state index contributed by atoms with van der Waals surface area (Å²) in [4.78, 5) is 42.4. The number of rotatable bonds is 3. The minimum atomic E-state index is -4.82. The topological polar surface area (TPSA) is 88.0 Å². The standard InChI is InChI=1S/C17H21F3N3O5/c1-16(2,3)28-23(26)13-9-11(8-12(10-13)17(18,19)20)14(24)27-15(25)22-6-4-21-5-7-22/h8-10,21H,4-7H2,1-3H3/q+1. The predicted octanol–water partition coefficient (Wildman–Crippen LogP) is 3.03. The van der Waals surface area contributed by atoms with Crippen LogP contribution in [0.5, 0.6) is 0 Å². The Morgan fingerprint density at radius 2 is 1.71 bits per heavy atom. The molecule has 0 radical (unpaired) electrons. The van der Waals surface area contributed by atoms with Gasteiger partial charge in [0.15, 0.2) is 5.60 Å². The van der Waals surface area contributed by atoms with Gasteiger partial charge in [-0.3, -0.25) is 0 Å². The molecule has 0 atom stereocenters. The highest BCUT2D eigenvalue weighted by molar-refractivity contribution is 5.97. The summed E-state index contributed by atoms with van der Waals surface area (Å²) < 4.78 is 44.2. The highest BCUT2D eigenvalue weighted by Gasteiger charge is 2.36. The second kappa shape index (κ2) is 8.13. The average Bonchev–Trinajstić information content (AvgIpc) is 2.59. The molecule has 1 aromatic carbocycles. The molecule has 0 unspecified atom stereocenters. The van der Waals surface area contributed by atoms with Crippen LogP contribution in [0.1, 0.15) is 36.7 Å². The van der Waals surface area contributed by atoms with Crippen molar-refractivity contribution in [1.29, 1.82) is 0 Å². The molecule has 1 aliphatic heterocycles. The van der Waals surface area contributed by atoms with Crippen molar-refractivity contribution >= 4 is 17.7 Å². The number of carbonyl (C=O) groups excluding carboxylic acids is 2. The fraction of sp³-hybridized carbons (Fsp3) is 0.529. The summed E-state index contributed by atoms with van der Waals surface area (Å²) in [7, 11) is 0. The molecule has 8 nitrogen and oxygen atoms in total. The maximum Gasteiger partial charge on any atom is 0.417 e. The molecule has 1 heterocycles. The Morgan fingerprint density at radius 3 is 2.25 bits per heavy atom. The Morgan fingerprint density at radius 1 is 1.11 bits per heavy atom. The van der Waals surface area contributed by atoms with Gasteiger partial charge in [-0.2, -0.15) is 13.2 Å². The van der Waals surface area contributed by atoms with E-state index in [1.165, 1.54) is 25.7 Å². The lowest BCUT2D eigenvalue weighted by Gasteiger charge is -2.25. The van der Waals surface area contributed by atoms with E-state index in [4.69, 9.17) is 4.84 Å². The van der Waals surface area contributed by atoms with Gasteiger partial charge in [-0.25, -0.2) is 14.4 Å². The number of amides is 1. The fourth-order valence-corrected chi connectivity index (χ4v) is 2.35. The van der Waals surface area contributed by atoms with E-state index in [2.05, 4.69) is 10.1 Å². The third-order valence-electron chi connectivity index (χ3n) is 3.60. The van der Waals surface area contributed by atoms with Gasteiger partial charge in [0, 0.05) is 38.3 Å². The smallest absolute Gasteiger partial charge is 0.372 e. The van der Waals surface area contributed by atoms with Gasteiger partial charge in [0.1, 0.15) is 0 Å². The van der Waals surface area contributed by atoms with Gasteiger partial charge in [-0.05, 0) is 26.8 Å². The number of nitrogens with one attached hydrogen (secondary N) is 1. The van der Waals surface area contributed by atoms with Crippen molar-refractivity contribution in [2.45, 2.75) is 32.5 Å².